The predicted octanol–water partition coefficient (Wildman–Crippen LogP) is 1.39. The maximum absolute atomic E-state index is 11.5. The number of halogens is 1. The van der Waals surface area contributed by atoms with Crippen molar-refractivity contribution in [3.63, 3.8) is 0 Å². The second kappa shape index (κ2) is 6.13. The van der Waals surface area contributed by atoms with Crippen molar-refractivity contribution in [1.29, 1.82) is 0 Å². The molecule has 1 aliphatic carbocycles. The van der Waals surface area contributed by atoms with E-state index in [1.54, 1.807) is 0 Å². The molecule has 4 heteroatoms. The molecular formula is C11H19ClN2O. The second-order valence-corrected chi connectivity index (χ2v) is 4.21. The van der Waals surface area contributed by atoms with Gasteiger partial charge in [0.1, 0.15) is 0 Å². The van der Waals surface area contributed by atoms with Gasteiger partial charge in [0.15, 0.2) is 0 Å². The summed E-state index contributed by atoms with van der Waals surface area (Å²) >= 11 is 0. The average Bonchev–Trinajstić information content (AvgIpc) is 2.76. The van der Waals surface area contributed by atoms with Crippen LogP contribution in [0.15, 0.2) is 11.6 Å². The maximum Gasteiger partial charge on any atom is 0.244 e. The van der Waals surface area contributed by atoms with Crippen molar-refractivity contribution >= 4 is 18.3 Å². The lowest BCUT2D eigenvalue weighted by atomic mass is 10.2. The van der Waals surface area contributed by atoms with E-state index in [0.717, 1.165) is 32.4 Å². The minimum atomic E-state index is 0. The molecule has 0 aromatic carbocycles. The lowest BCUT2D eigenvalue weighted by Gasteiger charge is -2.09. The molecule has 2 fully saturated rings. The number of nitrogens with one attached hydrogen (secondary N) is 2. The van der Waals surface area contributed by atoms with Gasteiger partial charge in [0, 0.05) is 18.7 Å². The van der Waals surface area contributed by atoms with Crippen molar-refractivity contribution in [3.05, 3.63) is 11.6 Å². The number of allylic oxidation sites excluding steroid dienone is 1. The van der Waals surface area contributed by atoms with Gasteiger partial charge in [-0.05, 0) is 38.6 Å². The number of hydrogen-bond donors (Lipinski definition) is 2. The summed E-state index contributed by atoms with van der Waals surface area (Å²) in [5.41, 5.74) is 1.33. The molecule has 1 aliphatic heterocycles. The van der Waals surface area contributed by atoms with Crippen LogP contribution in [0.25, 0.3) is 0 Å². The number of carbonyl (C=O) groups excluding carboxylic acids is 1. The largest absolute Gasteiger partial charge is 0.348 e. The highest BCUT2D eigenvalue weighted by Crippen LogP contribution is 2.23. The fraction of sp³-hybridized carbons (Fsp3) is 0.727. The number of amides is 1. The predicted molar refractivity (Wildman–Crippen MR) is 63.2 cm³/mol. The maximum atomic E-state index is 11.5. The summed E-state index contributed by atoms with van der Waals surface area (Å²) < 4.78 is 0. The zero-order valence-electron chi connectivity index (χ0n) is 8.92. The van der Waals surface area contributed by atoms with Gasteiger partial charge in [-0.25, -0.2) is 0 Å². The third kappa shape index (κ3) is 3.84. The van der Waals surface area contributed by atoms with Gasteiger partial charge < -0.3 is 10.6 Å². The van der Waals surface area contributed by atoms with Crippen LogP contribution in [0.3, 0.4) is 0 Å². The first-order chi connectivity index (χ1) is 6.84. The Morgan fingerprint density at radius 2 is 2.13 bits per heavy atom. The summed E-state index contributed by atoms with van der Waals surface area (Å²) in [5.74, 6) is 0.107. The van der Waals surface area contributed by atoms with Crippen molar-refractivity contribution in [1.82, 2.24) is 10.6 Å². The van der Waals surface area contributed by atoms with E-state index in [1.807, 2.05) is 6.08 Å². The van der Waals surface area contributed by atoms with E-state index in [2.05, 4.69) is 10.6 Å². The van der Waals surface area contributed by atoms with Crippen LogP contribution in [0, 0.1) is 0 Å². The topological polar surface area (TPSA) is 41.1 Å². The molecular weight excluding hydrogens is 212 g/mol. The molecule has 1 saturated heterocycles. The molecule has 1 unspecified atom stereocenters. The summed E-state index contributed by atoms with van der Waals surface area (Å²) in [6.07, 6.45) is 7.63. The fourth-order valence-corrected chi connectivity index (χ4v) is 2.18. The second-order valence-electron chi connectivity index (χ2n) is 4.21. The highest BCUT2D eigenvalue weighted by molar-refractivity contribution is 5.88. The van der Waals surface area contributed by atoms with Crippen LogP contribution in [0.4, 0.5) is 0 Å². The molecule has 1 saturated carbocycles. The van der Waals surface area contributed by atoms with E-state index in [0.29, 0.717) is 6.04 Å². The Kier molecular flexibility index (Phi) is 5.12. The average molecular weight is 231 g/mol. The van der Waals surface area contributed by atoms with E-state index in [1.165, 1.54) is 18.4 Å². The van der Waals surface area contributed by atoms with Gasteiger partial charge in [-0.3, -0.25) is 4.79 Å². The molecule has 86 valence electrons. The Morgan fingerprint density at radius 3 is 2.73 bits per heavy atom. The van der Waals surface area contributed by atoms with Crippen molar-refractivity contribution in [2.75, 3.05) is 13.1 Å². The molecule has 2 N–H and O–H groups in total. The Labute approximate surface area is 97.1 Å². The van der Waals surface area contributed by atoms with Crippen LogP contribution in [-0.2, 0) is 4.79 Å². The summed E-state index contributed by atoms with van der Waals surface area (Å²) in [5, 5.41) is 6.26. The number of rotatable bonds is 2. The molecule has 1 amide bonds. The molecule has 1 atom stereocenters. The third-order valence-corrected chi connectivity index (χ3v) is 2.99. The van der Waals surface area contributed by atoms with E-state index in [9.17, 15) is 4.79 Å². The first-order valence-corrected chi connectivity index (χ1v) is 5.55. The van der Waals surface area contributed by atoms with Crippen molar-refractivity contribution in [2.24, 2.45) is 0 Å². The first kappa shape index (κ1) is 12.5. The fourth-order valence-electron chi connectivity index (χ4n) is 2.18. The summed E-state index contributed by atoms with van der Waals surface area (Å²) in [6.45, 7) is 1.95. The lowest BCUT2D eigenvalue weighted by molar-refractivity contribution is -0.117. The Hall–Kier alpha value is -0.540. The minimum Gasteiger partial charge on any atom is -0.348 e. The summed E-state index contributed by atoms with van der Waals surface area (Å²) in [7, 11) is 0. The molecule has 2 aliphatic rings. The highest BCUT2D eigenvalue weighted by atomic mass is 35.5. The monoisotopic (exact) mass is 230 g/mol. The minimum absolute atomic E-state index is 0. The van der Waals surface area contributed by atoms with Crippen LogP contribution in [0.1, 0.15) is 32.1 Å². The summed E-state index contributed by atoms with van der Waals surface area (Å²) in [6, 6.07) is 0.348. The van der Waals surface area contributed by atoms with E-state index in [4.69, 9.17) is 0 Å². The van der Waals surface area contributed by atoms with Gasteiger partial charge in [0.2, 0.25) is 5.91 Å². The molecule has 0 spiro atoms. The quantitative estimate of drug-likeness (QED) is 0.704. The van der Waals surface area contributed by atoms with Crippen molar-refractivity contribution in [3.8, 4) is 0 Å². The third-order valence-electron chi connectivity index (χ3n) is 2.99. The molecule has 0 radical (unpaired) electrons. The van der Waals surface area contributed by atoms with Crippen LogP contribution in [0.2, 0.25) is 0 Å². The van der Waals surface area contributed by atoms with Crippen LogP contribution in [0.5, 0.6) is 0 Å². The van der Waals surface area contributed by atoms with Gasteiger partial charge in [0.25, 0.3) is 0 Å². The van der Waals surface area contributed by atoms with Crippen LogP contribution >= 0.6 is 12.4 Å². The molecule has 15 heavy (non-hydrogen) atoms. The Balaban J connectivity index is 0.00000112. The van der Waals surface area contributed by atoms with Crippen LogP contribution in [-0.4, -0.2) is 25.0 Å². The molecule has 3 nitrogen and oxygen atoms in total. The van der Waals surface area contributed by atoms with Crippen molar-refractivity contribution < 1.29 is 4.79 Å². The van der Waals surface area contributed by atoms with Gasteiger partial charge in [-0.15, -0.1) is 12.4 Å². The van der Waals surface area contributed by atoms with Gasteiger partial charge in [-0.2, -0.15) is 0 Å². The smallest absolute Gasteiger partial charge is 0.244 e. The van der Waals surface area contributed by atoms with Crippen molar-refractivity contribution in [2.45, 2.75) is 38.1 Å². The van der Waals surface area contributed by atoms with E-state index < -0.39 is 0 Å². The van der Waals surface area contributed by atoms with Gasteiger partial charge in [0.05, 0.1) is 0 Å². The van der Waals surface area contributed by atoms with Crippen LogP contribution < -0.4 is 10.6 Å². The standard InChI is InChI=1S/C11H18N2O.ClH/c14-11(7-9-3-1-2-4-9)13-10-5-6-12-8-10;/h7,10,12H,1-6,8H2,(H,13,14);1H. The molecule has 0 bridgehead atoms. The Morgan fingerprint density at radius 1 is 1.40 bits per heavy atom. The SMILES string of the molecule is Cl.O=C(C=C1CCCC1)NC1CCNC1. The van der Waals surface area contributed by atoms with Gasteiger partial charge in [-0.1, -0.05) is 5.57 Å². The van der Waals surface area contributed by atoms with Gasteiger partial charge >= 0.3 is 0 Å². The molecule has 0 aromatic heterocycles. The summed E-state index contributed by atoms with van der Waals surface area (Å²) in [4.78, 5) is 11.5. The number of hydrogen-bond acceptors (Lipinski definition) is 2. The normalized spacial score (nSPS) is 24.8. The first-order valence-electron chi connectivity index (χ1n) is 5.55. The highest BCUT2D eigenvalue weighted by Gasteiger charge is 2.16. The van der Waals surface area contributed by atoms with E-state index in [-0.39, 0.29) is 18.3 Å². The molecule has 1 heterocycles. The molecule has 0 aromatic rings. The van der Waals surface area contributed by atoms with E-state index >= 15 is 0 Å². The zero-order valence-corrected chi connectivity index (χ0v) is 9.74. The number of carbonyl (C=O) groups is 1. The lowest BCUT2D eigenvalue weighted by Crippen LogP contribution is -2.35. The molecule has 2 rings (SSSR count). The Bertz CT molecular complexity index is 239. The zero-order chi connectivity index (χ0) is 9.80.